The number of anilines is 1. The molecule has 3 atom stereocenters. The quantitative estimate of drug-likeness (QED) is 0.485. The molecule has 2 aromatic heterocycles. The molecule has 25 heavy (non-hydrogen) atoms. The summed E-state index contributed by atoms with van der Waals surface area (Å²) in [6.07, 6.45) is 0. The van der Waals surface area contributed by atoms with E-state index in [1.165, 1.54) is 14.8 Å². The summed E-state index contributed by atoms with van der Waals surface area (Å²) in [5.74, 6) is 4.54. The third kappa shape index (κ3) is 3.00. The van der Waals surface area contributed by atoms with Crippen molar-refractivity contribution >= 4 is 50.7 Å². The Bertz CT molecular complexity index is 878. The molecule has 0 spiro atoms. The van der Waals surface area contributed by atoms with Crippen LogP contribution in [0.25, 0.3) is 10.2 Å². The molecule has 1 saturated carbocycles. The minimum Gasteiger partial charge on any atom is -0.356 e. The number of nitrogens with zero attached hydrogens (tertiary/aromatic N) is 4. The second kappa shape index (κ2) is 6.11. The Labute approximate surface area is 159 Å². The van der Waals surface area contributed by atoms with E-state index in [9.17, 15) is 0 Å². The van der Waals surface area contributed by atoms with Gasteiger partial charge in [0.2, 0.25) is 5.28 Å². The number of thioether (sulfide) groups is 1. The molecule has 0 bridgehead atoms. The first-order valence-electron chi connectivity index (χ1n) is 8.42. The molecule has 3 heterocycles. The maximum absolute atomic E-state index is 6.00. The Hall–Kier alpha value is -1.37. The molecule has 0 N–H and O–H groups in total. The van der Waals surface area contributed by atoms with Gasteiger partial charge in [-0.2, -0.15) is 0 Å². The van der Waals surface area contributed by atoms with E-state index >= 15 is 0 Å². The van der Waals surface area contributed by atoms with Crippen molar-refractivity contribution < 1.29 is 0 Å². The highest BCUT2D eigenvalue weighted by molar-refractivity contribution is 8.01. The maximum atomic E-state index is 6.00. The Balaban J connectivity index is 1.20. The average Bonchev–Trinajstić information content (AvgIpc) is 2.96. The van der Waals surface area contributed by atoms with Crippen LogP contribution in [0.5, 0.6) is 0 Å². The molecule has 2 aliphatic rings. The zero-order valence-electron chi connectivity index (χ0n) is 13.7. The molecule has 1 aliphatic heterocycles. The number of para-hydroxylation sites is 1. The fraction of sp³-hybridized carbons (Fsp3) is 0.389. The van der Waals surface area contributed by atoms with Gasteiger partial charge in [0.25, 0.3) is 0 Å². The number of piperidine rings is 1. The lowest BCUT2D eigenvalue weighted by Crippen LogP contribution is -2.25. The predicted octanol–water partition coefficient (Wildman–Crippen LogP) is 4.52. The lowest BCUT2D eigenvalue weighted by molar-refractivity contribution is 0.690. The summed E-state index contributed by atoms with van der Waals surface area (Å²) in [6, 6.07) is 10.4. The number of aryl methyl sites for hydroxylation is 1. The summed E-state index contributed by atoms with van der Waals surface area (Å²) in [5, 5.41) is 0.346. The van der Waals surface area contributed by atoms with E-state index in [1.807, 2.05) is 24.8 Å². The number of rotatable bonds is 4. The minimum absolute atomic E-state index is 0.346. The Kier molecular flexibility index (Phi) is 3.87. The second-order valence-corrected chi connectivity index (χ2v) is 9.43. The highest BCUT2D eigenvalue weighted by Gasteiger charge is 2.55. The van der Waals surface area contributed by atoms with E-state index in [-0.39, 0.29) is 0 Å². The monoisotopic (exact) mass is 388 g/mol. The molecular formula is C18H17ClN4S2. The summed E-state index contributed by atoms with van der Waals surface area (Å²) >= 11 is 9.72. The van der Waals surface area contributed by atoms with Crippen LogP contribution in [-0.2, 0) is 0 Å². The smallest absolute Gasteiger partial charge is 0.224 e. The summed E-state index contributed by atoms with van der Waals surface area (Å²) < 4.78 is 2.48. The van der Waals surface area contributed by atoms with Crippen LogP contribution in [0.1, 0.15) is 5.69 Å². The number of fused-ring (bicyclic) bond motifs is 2. The summed E-state index contributed by atoms with van der Waals surface area (Å²) in [5.41, 5.74) is 2.05. The van der Waals surface area contributed by atoms with E-state index in [4.69, 9.17) is 16.6 Å². The van der Waals surface area contributed by atoms with Gasteiger partial charge in [-0.25, -0.2) is 15.0 Å². The fourth-order valence-electron chi connectivity index (χ4n) is 3.84. The Morgan fingerprint density at radius 1 is 1.20 bits per heavy atom. The van der Waals surface area contributed by atoms with E-state index < -0.39 is 0 Å². The maximum Gasteiger partial charge on any atom is 0.224 e. The number of halogens is 1. The molecule has 1 saturated heterocycles. The lowest BCUT2D eigenvalue weighted by atomic mass is 10.3. The van der Waals surface area contributed by atoms with Crippen molar-refractivity contribution in [1.82, 2.24) is 15.0 Å². The second-order valence-electron chi connectivity index (χ2n) is 6.79. The average molecular weight is 389 g/mol. The van der Waals surface area contributed by atoms with Crippen LogP contribution in [0.2, 0.25) is 5.28 Å². The van der Waals surface area contributed by atoms with Gasteiger partial charge in [-0.15, -0.1) is 11.3 Å². The molecule has 0 unspecified atom stereocenters. The zero-order chi connectivity index (χ0) is 17.0. The van der Waals surface area contributed by atoms with Crippen molar-refractivity contribution in [2.75, 3.05) is 23.7 Å². The third-order valence-electron chi connectivity index (χ3n) is 5.18. The first-order chi connectivity index (χ1) is 12.2. The van der Waals surface area contributed by atoms with E-state index in [0.717, 1.165) is 47.9 Å². The van der Waals surface area contributed by atoms with Crippen molar-refractivity contribution in [3.8, 4) is 0 Å². The third-order valence-corrected chi connectivity index (χ3v) is 7.68. The van der Waals surface area contributed by atoms with Crippen LogP contribution in [0, 0.1) is 24.7 Å². The SMILES string of the molecule is Cc1cc(N2C[C@@H]3[C@@H](CSc4nc5ccccc5s4)[C@@H]3C2)nc(Cl)n1. The van der Waals surface area contributed by atoms with Crippen molar-refractivity contribution in [2.45, 2.75) is 11.3 Å². The molecule has 128 valence electrons. The van der Waals surface area contributed by atoms with Gasteiger partial charge < -0.3 is 4.90 Å². The topological polar surface area (TPSA) is 41.9 Å². The first kappa shape index (κ1) is 15.9. The molecule has 0 amide bonds. The van der Waals surface area contributed by atoms with Crippen LogP contribution in [0.15, 0.2) is 34.7 Å². The van der Waals surface area contributed by atoms with Crippen LogP contribution in [0.4, 0.5) is 5.82 Å². The first-order valence-corrected chi connectivity index (χ1v) is 10.6. The van der Waals surface area contributed by atoms with Crippen LogP contribution in [0.3, 0.4) is 0 Å². The van der Waals surface area contributed by atoms with Crippen molar-refractivity contribution in [3.63, 3.8) is 0 Å². The number of hydrogen-bond acceptors (Lipinski definition) is 6. The molecule has 0 radical (unpaired) electrons. The molecule has 7 heteroatoms. The highest BCUT2D eigenvalue weighted by Crippen LogP contribution is 2.54. The number of benzene rings is 1. The zero-order valence-corrected chi connectivity index (χ0v) is 16.1. The van der Waals surface area contributed by atoms with Crippen LogP contribution >= 0.6 is 34.7 Å². The van der Waals surface area contributed by atoms with Gasteiger partial charge in [-0.3, -0.25) is 0 Å². The highest BCUT2D eigenvalue weighted by atomic mass is 35.5. The lowest BCUT2D eigenvalue weighted by Gasteiger charge is -2.21. The van der Waals surface area contributed by atoms with Crippen LogP contribution < -0.4 is 4.90 Å². The summed E-state index contributed by atoms with van der Waals surface area (Å²) in [6.45, 7) is 4.14. The predicted molar refractivity (Wildman–Crippen MR) is 105 cm³/mol. The molecule has 5 rings (SSSR count). The van der Waals surface area contributed by atoms with Gasteiger partial charge in [-0.05, 0) is 48.4 Å². The van der Waals surface area contributed by atoms with Gasteiger partial charge in [-0.1, -0.05) is 23.9 Å². The van der Waals surface area contributed by atoms with E-state index in [0.29, 0.717) is 5.28 Å². The summed E-state index contributed by atoms with van der Waals surface area (Å²) in [4.78, 5) is 15.6. The fourth-order valence-corrected chi connectivity index (χ4v) is 6.46. The molecule has 1 aromatic carbocycles. The van der Waals surface area contributed by atoms with Gasteiger partial charge in [0, 0.05) is 30.6 Å². The number of thiazole rings is 1. The van der Waals surface area contributed by atoms with Crippen molar-refractivity contribution in [1.29, 1.82) is 0 Å². The summed E-state index contributed by atoms with van der Waals surface area (Å²) in [7, 11) is 0. The molecule has 3 aromatic rings. The largest absolute Gasteiger partial charge is 0.356 e. The number of hydrogen-bond donors (Lipinski definition) is 0. The van der Waals surface area contributed by atoms with Gasteiger partial charge in [0.15, 0.2) is 4.34 Å². The van der Waals surface area contributed by atoms with Gasteiger partial charge in [0.05, 0.1) is 10.2 Å². The normalized spacial score (nSPS) is 24.7. The van der Waals surface area contributed by atoms with Crippen molar-refractivity contribution in [3.05, 3.63) is 41.3 Å². The standard InChI is InChI=1S/C18H17ClN4S2/c1-10-6-16(22-17(19)20-10)23-7-11-12(8-23)13(11)9-24-18-21-14-4-2-3-5-15(14)25-18/h2-6,11-13H,7-9H2,1H3/t11-,12+,13+. The Morgan fingerprint density at radius 3 is 2.76 bits per heavy atom. The molecular weight excluding hydrogens is 372 g/mol. The Morgan fingerprint density at radius 2 is 2.00 bits per heavy atom. The minimum atomic E-state index is 0.346. The molecule has 2 fully saturated rings. The number of aromatic nitrogens is 3. The van der Waals surface area contributed by atoms with Crippen molar-refractivity contribution in [2.24, 2.45) is 17.8 Å². The molecule has 1 aliphatic carbocycles. The molecule has 4 nitrogen and oxygen atoms in total. The van der Waals surface area contributed by atoms with Gasteiger partial charge >= 0.3 is 0 Å². The van der Waals surface area contributed by atoms with E-state index in [2.05, 4.69) is 39.1 Å². The van der Waals surface area contributed by atoms with Gasteiger partial charge in [0.1, 0.15) is 5.82 Å². The van der Waals surface area contributed by atoms with Crippen LogP contribution in [-0.4, -0.2) is 33.8 Å². The van der Waals surface area contributed by atoms with E-state index in [1.54, 1.807) is 11.3 Å².